The summed E-state index contributed by atoms with van der Waals surface area (Å²) in [4.78, 5) is 15.6. The number of aromatic nitrogens is 1. The first-order chi connectivity index (χ1) is 11.0. The van der Waals surface area contributed by atoms with Crippen LogP contribution in [-0.4, -0.2) is 10.9 Å². The lowest BCUT2D eigenvalue weighted by Crippen LogP contribution is -2.05. The molecular formula is C20H18N2O. The van der Waals surface area contributed by atoms with E-state index in [1.165, 1.54) is 6.92 Å². The number of anilines is 1. The largest absolute Gasteiger partial charge is 0.326 e. The lowest BCUT2D eigenvalue weighted by atomic mass is 10.0. The quantitative estimate of drug-likeness (QED) is 0.748. The van der Waals surface area contributed by atoms with Gasteiger partial charge in [-0.2, -0.15) is 0 Å². The molecule has 0 aliphatic carbocycles. The van der Waals surface area contributed by atoms with Gasteiger partial charge in [0, 0.05) is 24.2 Å². The minimum Gasteiger partial charge on any atom is -0.326 e. The Morgan fingerprint density at radius 3 is 2.52 bits per heavy atom. The number of carbonyl (C=O) groups excluding carboxylic acids is 1. The number of fused-ring (bicyclic) bond motifs is 1. The van der Waals surface area contributed by atoms with Crippen molar-refractivity contribution in [3.05, 3.63) is 67.0 Å². The molecule has 3 aromatic rings. The number of pyridine rings is 1. The lowest BCUT2D eigenvalue weighted by molar-refractivity contribution is -0.114. The van der Waals surface area contributed by atoms with Crippen LogP contribution < -0.4 is 5.32 Å². The summed E-state index contributed by atoms with van der Waals surface area (Å²) in [6.45, 7) is 7.40. The predicted molar refractivity (Wildman–Crippen MR) is 96.2 cm³/mol. The van der Waals surface area contributed by atoms with E-state index in [9.17, 15) is 4.79 Å². The molecule has 3 rings (SSSR count). The Balaban J connectivity index is 2.02. The summed E-state index contributed by atoms with van der Waals surface area (Å²) in [7, 11) is 0. The number of allylic oxidation sites excluding steroid dienone is 1. The second kappa shape index (κ2) is 6.05. The minimum absolute atomic E-state index is 0.0721. The Morgan fingerprint density at radius 2 is 1.78 bits per heavy atom. The van der Waals surface area contributed by atoms with Crippen molar-refractivity contribution < 1.29 is 4.79 Å². The van der Waals surface area contributed by atoms with Gasteiger partial charge in [0.15, 0.2) is 0 Å². The topological polar surface area (TPSA) is 42.0 Å². The molecule has 3 heteroatoms. The van der Waals surface area contributed by atoms with Gasteiger partial charge >= 0.3 is 0 Å². The van der Waals surface area contributed by atoms with Crippen LogP contribution in [0.5, 0.6) is 0 Å². The molecule has 0 atom stereocenters. The molecule has 1 aromatic heterocycles. The maximum atomic E-state index is 11.2. The monoisotopic (exact) mass is 302 g/mol. The van der Waals surface area contributed by atoms with Crippen LogP contribution >= 0.6 is 0 Å². The molecule has 23 heavy (non-hydrogen) atoms. The van der Waals surface area contributed by atoms with Crippen LogP contribution in [0.25, 0.3) is 27.5 Å². The smallest absolute Gasteiger partial charge is 0.221 e. The molecule has 0 saturated carbocycles. The fraction of sp³-hybridized carbons (Fsp3) is 0.100. The van der Waals surface area contributed by atoms with E-state index in [0.717, 1.165) is 38.9 Å². The molecule has 0 aliphatic heterocycles. The zero-order valence-corrected chi connectivity index (χ0v) is 13.3. The molecule has 0 saturated heterocycles. The average Bonchev–Trinajstić information content (AvgIpc) is 2.53. The number of nitrogens with zero attached hydrogens (tertiary/aromatic N) is 1. The molecular weight excluding hydrogens is 284 g/mol. The van der Waals surface area contributed by atoms with E-state index in [1.807, 2.05) is 37.4 Å². The molecule has 0 bridgehead atoms. The van der Waals surface area contributed by atoms with E-state index < -0.39 is 0 Å². The van der Waals surface area contributed by atoms with Crippen molar-refractivity contribution in [1.29, 1.82) is 0 Å². The van der Waals surface area contributed by atoms with E-state index >= 15 is 0 Å². The van der Waals surface area contributed by atoms with Crippen molar-refractivity contribution in [1.82, 2.24) is 4.98 Å². The fourth-order valence-corrected chi connectivity index (χ4v) is 2.53. The summed E-state index contributed by atoms with van der Waals surface area (Å²) in [6, 6.07) is 16.1. The molecule has 0 unspecified atom stereocenters. The van der Waals surface area contributed by atoms with E-state index in [2.05, 4.69) is 41.1 Å². The molecule has 2 aromatic carbocycles. The zero-order valence-electron chi connectivity index (χ0n) is 13.3. The Bertz CT molecular complexity index is 912. The normalized spacial score (nSPS) is 10.5. The number of nitrogens with one attached hydrogen (secondary N) is 1. The first-order valence-corrected chi connectivity index (χ1v) is 7.46. The summed E-state index contributed by atoms with van der Waals surface area (Å²) < 4.78 is 0. The van der Waals surface area contributed by atoms with Gasteiger partial charge in [0.1, 0.15) is 0 Å². The number of hydrogen-bond donors (Lipinski definition) is 1. The first kappa shape index (κ1) is 15.0. The van der Waals surface area contributed by atoms with Gasteiger partial charge in [0.2, 0.25) is 5.91 Å². The molecule has 0 fully saturated rings. The maximum absolute atomic E-state index is 11.2. The maximum Gasteiger partial charge on any atom is 0.221 e. The molecule has 0 radical (unpaired) electrons. The summed E-state index contributed by atoms with van der Waals surface area (Å²) in [6.07, 6.45) is 1.88. The molecule has 3 nitrogen and oxygen atoms in total. The van der Waals surface area contributed by atoms with Crippen molar-refractivity contribution in [2.24, 2.45) is 0 Å². The summed E-state index contributed by atoms with van der Waals surface area (Å²) >= 11 is 0. The second-order valence-corrected chi connectivity index (χ2v) is 5.67. The number of amides is 1. The third kappa shape index (κ3) is 3.29. The molecule has 1 heterocycles. The SMILES string of the molecule is C=C(C)c1cc2ccc(-c3cccc(NC(C)=O)c3)cc2cn1. The van der Waals surface area contributed by atoms with E-state index in [0.29, 0.717) is 0 Å². The predicted octanol–water partition coefficient (Wildman–Crippen LogP) is 4.89. The number of carbonyl (C=O) groups is 1. The van der Waals surface area contributed by atoms with Gasteiger partial charge in [-0.25, -0.2) is 0 Å². The first-order valence-electron chi connectivity index (χ1n) is 7.46. The third-order valence-corrected chi connectivity index (χ3v) is 3.68. The van der Waals surface area contributed by atoms with Crippen LogP contribution in [0.2, 0.25) is 0 Å². The minimum atomic E-state index is -0.0721. The van der Waals surface area contributed by atoms with Crippen molar-refractivity contribution >= 4 is 27.9 Å². The van der Waals surface area contributed by atoms with E-state index in [-0.39, 0.29) is 5.91 Å². The van der Waals surface area contributed by atoms with E-state index in [4.69, 9.17) is 0 Å². The Hall–Kier alpha value is -2.94. The summed E-state index contributed by atoms with van der Waals surface area (Å²) in [5, 5.41) is 5.03. The van der Waals surface area contributed by atoms with Crippen LogP contribution in [0.15, 0.2) is 61.3 Å². The van der Waals surface area contributed by atoms with Crippen LogP contribution in [0.4, 0.5) is 5.69 Å². The zero-order chi connectivity index (χ0) is 16.4. The highest BCUT2D eigenvalue weighted by molar-refractivity contribution is 5.91. The van der Waals surface area contributed by atoms with Crippen LogP contribution in [0.1, 0.15) is 19.5 Å². The number of rotatable bonds is 3. The number of hydrogen-bond acceptors (Lipinski definition) is 2. The second-order valence-electron chi connectivity index (χ2n) is 5.67. The Morgan fingerprint density at radius 1 is 1.00 bits per heavy atom. The Kier molecular flexibility index (Phi) is 3.94. The van der Waals surface area contributed by atoms with Crippen molar-refractivity contribution in [3.63, 3.8) is 0 Å². The highest BCUT2D eigenvalue weighted by Gasteiger charge is 2.04. The molecule has 1 amide bonds. The molecule has 0 spiro atoms. The van der Waals surface area contributed by atoms with Crippen LogP contribution in [-0.2, 0) is 4.79 Å². The van der Waals surface area contributed by atoms with Gasteiger partial charge in [0.25, 0.3) is 0 Å². The fourth-order valence-electron chi connectivity index (χ4n) is 2.53. The third-order valence-electron chi connectivity index (χ3n) is 3.68. The van der Waals surface area contributed by atoms with Gasteiger partial charge in [-0.05, 0) is 53.3 Å². The standard InChI is InChI=1S/C20H18N2O/c1-13(2)20-11-17-8-7-16(9-18(17)12-21-20)15-5-4-6-19(10-15)22-14(3)23/h4-12H,1H2,2-3H3,(H,22,23). The van der Waals surface area contributed by atoms with E-state index in [1.54, 1.807) is 0 Å². The van der Waals surface area contributed by atoms with Gasteiger partial charge in [-0.15, -0.1) is 0 Å². The van der Waals surface area contributed by atoms with Gasteiger partial charge in [-0.3, -0.25) is 9.78 Å². The molecule has 0 aliphatic rings. The number of benzene rings is 2. The molecule has 1 N–H and O–H groups in total. The molecule has 114 valence electrons. The van der Waals surface area contributed by atoms with Crippen LogP contribution in [0.3, 0.4) is 0 Å². The van der Waals surface area contributed by atoms with Crippen molar-refractivity contribution in [2.45, 2.75) is 13.8 Å². The summed E-state index contributed by atoms with van der Waals surface area (Å²) in [5.74, 6) is -0.0721. The average molecular weight is 302 g/mol. The highest BCUT2D eigenvalue weighted by Crippen LogP contribution is 2.27. The van der Waals surface area contributed by atoms with Crippen LogP contribution in [0, 0.1) is 0 Å². The van der Waals surface area contributed by atoms with Gasteiger partial charge < -0.3 is 5.32 Å². The van der Waals surface area contributed by atoms with Gasteiger partial charge in [0.05, 0.1) is 5.69 Å². The van der Waals surface area contributed by atoms with Gasteiger partial charge in [-0.1, -0.05) is 30.8 Å². The Labute approximate surface area is 135 Å². The van der Waals surface area contributed by atoms with Crippen molar-refractivity contribution in [3.8, 4) is 11.1 Å². The lowest BCUT2D eigenvalue weighted by Gasteiger charge is -2.08. The highest BCUT2D eigenvalue weighted by atomic mass is 16.1. The summed E-state index contributed by atoms with van der Waals surface area (Å²) in [5.41, 5.74) is 4.82. The van der Waals surface area contributed by atoms with Crippen molar-refractivity contribution in [2.75, 3.05) is 5.32 Å².